The zero-order chi connectivity index (χ0) is 17.2. The molecule has 1 aliphatic rings. The minimum absolute atomic E-state index is 0.280. The summed E-state index contributed by atoms with van der Waals surface area (Å²) in [5, 5.41) is 10.6. The van der Waals surface area contributed by atoms with Crippen molar-refractivity contribution < 1.29 is 18.8 Å². The summed E-state index contributed by atoms with van der Waals surface area (Å²) in [7, 11) is 0. The van der Waals surface area contributed by atoms with Gasteiger partial charge in [-0.1, -0.05) is 6.08 Å². The normalized spacial score (nSPS) is 15.1. The van der Waals surface area contributed by atoms with Crippen molar-refractivity contribution in [1.82, 2.24) is 4.90 Å². The Morgan fingerprint density at radius 3 is 2.57 bits per heavy atom. The van der Waals surface area contributed by atoms with Gasteiger partial charge < -0.3 is 9.64 Å². The molecular weight excluding hydrogens is 303 g/mol. The molecule has 1 amide bonds. The van der Waals surface area contributed by atoms with E-state index in [4.69, 9.17) is 4.74 Å². The van der Waals surface area contributed by atoms with Crippen molar-refractivity contribution in [3.05, 3.63) is 45.8 Å². The Morgan fingerprint density at radius 1 is 1.39 bits per heavy atom. The predicted molar refractivity (Wildman–Crippen MR) is 83.5 cm³/mol. The van der Waals surface area contributed by atoms with E-state index in [1.165, 1.54) is 17.0 Å². The number of rotatable bonds is 2. The number of hydrogen-bond donors (Lipinski definition) is 0. The molecule has 0 atom stereocenters. The third-order valence-corrected chi connectivity index (χ3v) is 3.37. The molecule has 124 valence electrons. The standard InChI is InChI=1S/C16H19FN2O4/c1-16(2,3)23-15(20)18-8-6-11(7-9-18)13-5-4-12(19(21)22)10-14(13)17/h4-6,10H,7-9H2,1-3H3. The molecule has 0 N–H and O–H groups in total. The van der Waals surface area contributed by atoms with Crippen LogP contribution in [0.2, 0.25) is 0 Å². The van der Waals surface area contributed by atoms with Gasteiger partial charge in [-0.25, -0.2) is 9.18 Å². The van der Waals surface area contributed by atoms with Gasteiger partial charge >= 0.3 is 6.09 Å². The number of halogens is 1. The highest BCUT2D eigenvalue weighted by molar-refractivity contribution is 5.73. The average Bonchev–Trinajstić information content (AvgIpc) is 2.45. The lowest BCUT2D eigenvalue weighted by molar-refractivity contribution is -0.385. The number of hydrogen-bond acceptors (Lipinski definition) is 4. The third-order valence-electron chi connectivity index (χ3n) is 3.37. The number of nitro benzene ring substituents is 1. The molecule has 0 saturated carbocycles. The summed E-state index contributed by atoms with van der Waals surface area (Å²) in [6.45, 7) is 6.12. The number of nitro groups is 1. The van der Waals surface area contributed by atoms with Crippen LogP contribution in [-0.2, 0) is 4.74 Å². The van der Waals surface area contributed by atoms with Crippen molar-refractivity contribution in [2.75, 3.05) is 13.1 Å². The monoisotopic (exact) mass is 322 g/mol. The van der Waals surface area contributed by atoms with Gasteiger partial charge in [0.15, 0.2) is 0 Å². The van der Waals surface area contributed by atoms with Crippen molar-refractivity contribution in [3.8, 4) is 0 Å². The number of benzene rings is 1. The molecular formula is C16H19FN2O4. The summed E-state index contributed by atoms with van der Waals surface area (Å²) in [5.74, 6) is -0.629. The number of ether oxygens (including phenoxy) is 1. The molecule has 0 bridgehead atoms. The first-order chi connectivity index (χ1) is 10.7. The minimum atomic E-state index is -0.633. The van der Waals surface area contributed by atoms with E-state index in [1.807, 2.05) is 0 Å². The Kier molecular flexibility index (Phi) is 4.68. The molecule has 1 aliphatic heterocycles. The van der Waals surface area contributed by atoms with Crippen LogP contribution in [0.1, 0.15) is 32.8 Å². The molecule has 0 spiro atoms. The van der Waals surface area contributed by atoms with Crippen LogP contribution in [0.25, 0.3) is 5.57 Å². The fraction of sp³-hybridized carbons (Fsp3) is 0.438. The number of nitrogens with zero attached hydrogens (tertiary/aromatic N) is 2. The van der Waals surface area contributed by atoms with Crippen LogP contribution in [0.4, 0.5) is 14.9 Å². The summed E-state index contributed by atoms with van der Waals surface area (Å²) >= 11 is 0. The van der Waals surface area contributed by atoms with Gasteiger partial charge in [-0.2, -0.15) is 0 Å². The van der Waals surface area contributed by atoms with E-state index in [9.17, 15) is 19.3 Å². The zero-order valence-corrected chi connectivity index (χ0v) is 13.3. The predicted octanol–water partition coefficient (Wildman–Crippen LogP) is 3.76. The van der Waals surface area contributed by atoms with Gasteiger partial charge in [0.25, 0.3) is 5.69 Å². The van der Waals surface area contributed by atoms with Crippen LogP contribution in [0.5, 0.6) is 0 Å². The molecule has 2 rings (SSSR count). The molecule has 0 fully saturated rings. The van der Waals surface area contributed by atoms with Crippen molar-refractivity contribution in [1.29, 1.82) is 0 Å². The quantitative estimate of drug-likeness (QED) is 0.614. The Hall–Kier alpha value is -2.44. The van der Waals surface area contributed by atoms with Gasteiger partial charge in [0.05, 0.1) is 11.0 Å². The van der Waals surface area contributed by atoms with Crippen LogP contribution in [0.3, 0.4) is 0 Å². The maximum atomic E-state index is 14.0. The summed E-state index contributed by atoms with van der Waals surface area (Å²) in [6.07, 6.45) is 1.81. The fourth-order valence-corrected chi connectivity index (χ4v) is 2.28. The second-order valence-electron chi connectivity index (χ2n) is 6.33. The first kappa shape index (κ1) is 16.9. The molecule has 1 heterocycles. The summed E-state index contributed by atoms with van der Waals surface area (Å²) < 4.78 is 19.3. The molecule has 1 aromatic rings. The largest absolute Gasteiger partial charge is 0.444 e. The van der Waals surface area contributed by atoms with Crippen LogP contribution >= 0.6 is 0 Å². The SMILES string of the molecule is CC(C)(C)OC(=O)N1CC=C(c2ccc([N+](=O)[O-])cc2F)CC1. The molecule has 23 heavy (non-hydrogen) atoms. The maximum absolute atomic E-state index is 14.0. The minimum Gasteiger partial charge on any atom is -0.444 e. The molecule has 0 unspecified atom stereocenters. The molecule has 1 aromatic carbocycles. The van der Waals surface area contributed by atoms with Crippen molar-refractivity contribution in [2.45, 2.75) is 32.8 Å². The molecule has 0 radical (unpaired) electrons. The van der Waals surface area contributed by atoms with Gasteiger partial charge in [0, 0.05) is 24.7 Å². The van der Waals surface area contributed by atoms with Gasteiger partial charge in [-0.3, -0.25) is 10.1 Å². The second-order valence-corrected chi connectivity index (χ2v) is 6.33. The van der Waals surface area contributed by atoms with E-state index in [-0.39, 0.29) is 5.69 Å². The Labute approximate surface area is 133 Å². The molecule has 0 saturated heterocycles. The topological polar surface area (TPSA) is 72.7 Å². The van der Waals surface area contributed by atoms with Gasteiger partial charge in [-0.15, -0.1) is 0 Å². The van der Waals surface area contributed by atoms with Crippen LogP contribution < -0.4 is 0 Å². The lowest BCUT2D eigenvalue weighted by atomic mass is 9.99. The van der Waals surface area contributed by atoms with Gasteiger partial charge in [0.2, 0.25) is 0 Å². The maximum Gasteiger partial charge on any atom is 0.410 e. The third kappa shape index (κ3) is 4.28. The van der Waals surface area contributed by atoms with Crippen LogP contribution in [-0.4, -0.2) is 34.6 Å². The lowest BCUT2D eigenvalue weighted by Crippen LogP contribution is -2.39. The van der Waals surface area contributed by atoms with Crippen LogP contribution in [0, 0.1) is 15.9 Å². The summed E-state index contributed by atoms with van der Waals surface area (Å²) in [4.78, 5) is 23.5. The van der Waals surface area contributed by atoms with E-state index < -0.39 is 22.4 Å². The molecule has 7 heteroatoms. The van der Waals surface area contributed by atoms with Gasteiger partial charge in [0.1, 0.15) is 11.4 Å². The molecule has 0 aromatic heterocycles. The van der Waals surface area contributed by atoms with Crippen molar-refractivity contribution in [3.63, 3.8) is 0 Å². The van der Waals surface area contributed by atoms with E-state index >= 15 is 0 Å². The van der Waals surface area contributed by atoms with Crippen molar-refractivity contribution in [2.24, 2.45) is 0 Å². The van der Waals surface area contributed by atoms with E-state index in [1.54, 1.807) is 26.8 Å². The first-order valence-electron chi connectivity index (χ1n) is 7.28. The number of carbonyl (C=O) groups excluding carboxylic acids is 1. The van der Waals surface area contributed by atoms with Crippen LogP contribution in [0.15, 0.2) is 24.3 Å². The lowest BCUT2D eigenvalue weighted by Gasteiger charge is -2.29. The highest BCUT2D eigenvalue weighted by atomic mass is 19.1. The number of amides is 1. The zero-order valence-electron chi connectivity index (χ0n) is 13.3. The Balaban J connectivity index is 2.10. The average molecular weight is 322 g/mol. The molecule has 0 aliphatic carbocycles. The highest BCUT2D eigenvalue weighted by Crippen LogP contribution is 2.27. The van der Waals surface area contributed by atoms with Gasteiger partial charge in [-0.05, 0) is 38.8 Å². The fourth-order valence-electron chi connectivity index (χ4n) is 2.28. The summed E-state index contributed by atoms with van der Waals surface area (Å²) in [6, 6.07) is 3.60. The first-order valence-corrected chi connectivity index (χ1v) is 7.28. The smallest absolute Gasteiger partial charge is 0.410 e. The van der Waals surface area contributed by atoms with E-state index in [2.05, 4.69) is 0 Å². The summed E-state index contributed by atoms with van der Waals surface area (Å²) in [5.41, 5.74) is 0.223. The van der Waals surface area contributed by atoms with Crippen molar-refractivity contribution >= 4 is 17.4 Å². The molecule has 6 nitrogen and oxygen atoms in total. The number of non-ortho nitro benzene ring substituents is 1. The van der Waals surface area contributed by atoms with E-state index in [0.29, 0.717) is 25.1 Å². The second kappa shape index (κ2) is 6.36. The van der Waals surface area contributed by atoms with E-state index in [0.717, 1.165) is 11.6 Å². The highest BCUT2D eigenvalue weighted by Gasteiger charge is 2.24. The Morgan fingerprint density at radius 2 is 2.09 bits per heavy atom. The number of carbonyl (C=O) groups is 1. The Bertz CT molecular complexity index is 665.